The van der Waals surface area contributed by atoms with E-state index in [9.17, 15) is 13.2 Å². The molecule has 124 valence electrons. The van der Waals surface area contributed by atoms with Crippen molar-refractivity contribution in [2.75, 3.05) is 37.8 Å². The van der Waals surface area contributed by atoms with Crippen molar-refractivity contribution in [1.82, 2.24) is 5.32 Å². The minimum absolute atomic E-state index is 0.303. The van der Waals surface area contributed by atoms with Crippen molar-refractivity contribution < 1.29 is 22.7 Å². The van der Waals surface area contributed by atoms with Crippen LogP contribution in [0.2, 0.25) is 0 Å². The van der Waals surface area contributed by atoms with Gasteiger partial charge in [-0.15, -0.1) is 0 Å². The second-order valence-electron chi connectivity index (χ2n) is 4.80. The smallest absolute Gasteiger partial charge is 0.233 e. The van der Waals surface area contributed by atoms with Crippen LogP contribution in [0.25, 0.3) is 0 Å². The topological polar surface area (TPSA) is 93.7 Å². The molecule has 7 nitrogen and oxygen atoms in total. The van der Waals surface area contributed by atoms with Crippen LogP contribution in [0, 0.1) is 5.92 Å². The van der Waals surface area contributed by atoms with Gasteiger partial charge in [-0.3, -0.25) is 9.52 Å². The van der Waals surface area contributed by atoms with Gasteiger partial charge in [0.05, 0.1) is 31.1 Å². The number of benzene rings is 1. The SMILES string of the molecule is COCCNC(=O)C(C)CS(=O)(=O)Nc1cccc(OC)c1. The average Bonchev–Trinajstić information content (AvgIpc) is 2.46. The second-order valence-corrected chi connectivity index (χ2v) is 6.57. The Labute approximate surface area is 131 Å². The van der Waals surface area contributed by atoms with E-state index in [1.165, 1.54) is 14.2 Å². The number of amides is 1. The lowest BCUT2D eigenvalue weighted by Gasteiger charge is -2.14. The molecule has 0 radical (unpaired) electrons. The van der Waals surface area contributed by atoms with E-state index < -0.39 is 15.9 Å². The second kappa shape index (κ2) is 8.60. The number of nitrogens with one attached hydrogen (secondary N) is 2. The summed E-state index contributed by atoms with van der Waals surface area (Å²) >= 11 is 0. The lowest BCUT2D eigenvalue weighted by molar-refractivity contribution is -0.124. The first kappa shape index (κ1) is 18.2. The number of hydrogen-bond donors (Lipinski definition) is 2. The molecule has 0 bridgehead atoms. The van der Waals surface area contributed by atoms with Crippen molar-refractivity contribution in [3.05, 3.63) is 24.3 Å². The Kier molecular flexibility index (Phi) is 7.13. The molecule has 8 heteroatoms. The van der Waals surface area contributed by atoms with Crippen LogP contribution in [-0.4, -0.2) is 47.4 Å². The summed E-state index contributed by atoms with van der Waals surface area (Å²) in [7, 11) is -0.606. The van der Waals surface area contributed by atoms with E-state index in [2.05, 4.69) is 10.0 Å². The summed E-state index contributed by atoms with van der Waals surface area (Å²) in [5.74, 6) is -0.748. The van der Waals surface area contributed by atoms with Gasteiger partial charge in [-0.2, -0.15) is 0 Å². The predicted molar refractivity (Wildman–Crippen MR) is 84.5 cm³/mol. The molecule has 1 unspecified atom stereocenters. The molecule has 0 heterocycles. The van der Waals surface area contributed by atoms with Gasteiger partial charge in [-0.1, -0.05) is 13.0 Å². The van der Waals surface area contributed by atoms with Crippen LogP contribution in [0.5, 0.6) is 5.75 Å². The third-order valence-corrected chi connectivity index (χ3v) is 4.35. The molecule has 1 atom stereocenters. The highest BCUT2D eigenvalue weighted by Gasteiger charge is 2.21. The van der Waals surface area contributed by atoms with Crippen LogP contribution >= 0.6 is 0 Å². The van der Waals surface area contributed by atoms with Crippen molar-refractivity contribution in [3.8, 4) is 5.75 Å². The van der Waals surface area contributed by atoms with E-state index in [-0.39, 0.29) is 11.7 Å². The molecular weight excluding hydrogens is 308 g/mol. The molecule has 1 amide bonds. The van der Waals surface area contributed by atoms with Crippen LogP contribution in [0.1, 0.15) is 6.92 Å². The first-order valence-corrected chi connectivity index (χ1v) is 8.44. The quantitative estimate of drug-likeness (QED) is 0.654. The van der Waals surface area contributed by atoms with Gasteiger partial charge in [-0.05, 0) is 12.1 Å². The highest BCUT2D eigenvalue weighted by atomic mass is 32.2. The average molecular weight is 330 g/mol. The van der Waals surface area contributed by atoms with Crippen LogP contribution in [0.15, 0.2) is 24.3 Å². The molecule has 0 saturated heterocycles. The summed E-state index contributed by atoms with van der Waals surface area (Å²) in [4.78, 5) is 11.8. The van der Waals surface area contributed by atoms with Crippen molar-refractivity contribution in [2.24, 2.45) is 5.92 Å². The normalized spacial score (nSPS) is 12.5. The zero-order valence-corrected chi connectivity index (χ0v) is 13.8. The van der Waals surface area contributed by atoms with Crippen molar-refractivity contribution >= 4 is 21.6 Å². The summed E-state index contributed by atoms with van der Waals surface area (Å²) in [5.41, 5.74) is 0.395. The van der Waals surface area contributed by atoms with E-state index in [1.807, 2.05) is 0 Å². The number of carbonyl (C=O) groups excluding carboxylic acids is 1. The van der Waals surface area contributed by atoms with E-state index in [4.69, 9.17) is 9.47 Å². The molecule has 1 aromatic rings. The maximum atomic E-state index is 12.1. The van der Waals surface area contributed by atoms with Crippen molar-refractivity contribution in [3.63, 3.8) is 0 Å². The Balaban J connectivity index is 2.60. The fourth-order valence-corrected chi connectivity index (χ4v) is 3.14. The monoisotopic (exact) mass is 330 g/mol. The number of ether oxygens (including phenoxy) is 2. The molecular formula is C14H22N2O5S. The number of carbonyl (C=O) groups is 1. The van der Waals surface area contributed by atoms with Gasteiger partial charge in [0.2, 0.25) is 15.9 Å². The Hall–Kier alpha value is -1.80. The molecule has 0 fully saturated rings. The largest absolute Gasteiger partial charge is 0.497 e. The van der Waals surface area contributed by atoms with Crippen LogP contribution in [0.4, 0.5) is 5.69 Å². The minimum atomic E-state index is -3.63. The number of hydrogen-bond acceptors (Lipinski definition) is 5. The molecule has 1 rings (SSSR count). The third kappa shape index (κ3) is 6.31. The Morgan fingerprint density at radius 3 is 2.68 bits per heavy atom. The van der Waals surface area contributed by atoms with Gasteiger partial charge in [0.1, 0.15) is 5.75 Å². The molecule has 0 aromatic heterocycles. The predicted octanol–water partition coefficient (Wildman–Crippen LogP) is 0.836. The van der Waals surface area contributed by atoms with Gasteiger partial charge >= 0.3 is 0 Å². The fourth-order valence-electron chi connectivity index (χ4n) is 1.76. The summed E-state index contributed by atoms with van der Waals surface area (Å²) in [5, 5.41) is 2.61. The molecule has 22 heavy (non-hydrogen) atoms. The van der Waals surface area contributed by atoms with E-state index in [0.717, 1.165) is 0 Å². The minimum Gasteiger partial charge on any atom is -0.497 e. The van der Waals surface area contributed by atoms with Crippen LogP contribution in [-0.2, 0) is 19.6 Å². The highest BCUT2D eigenvalue weighted by Crippen LogP contribution is 2.18. The Morgan fingerprint density at radius 1 is 1.32 bits per heavy atom. The van der Waals surface area contributed by atoms with Crippen molar-refractivity contribution in [1.29, 1.82) is 0 Å². The van der Waals surface area contributed by atoms with Gasteiger partial charge in [0, 0.05) is 19.7 Å². The Morgan fingerprint density at radius 2 is 2.05 bits per heavy atom. The number of methoxy groups -OCH3 is 2. The van der Waals surface area contributed by atoms with E-state index >= 15 is 0 Å². The number of sulfonamides is 1. The summed E-state index contributed by atoms with van der Waals surface area (Å²) < 4.78 is 36.5. The van der Waals surface area contributed by atoms with Crippen molar-refractivity contribution in [2.45, 2.75) is 6.92 Å². The standard InChI is InChI=1S/C14H22N2O5S/c1-11(14(17)15-7-8-20-2)10-22(18,19)16-12-5-4-6-13(9-12)21-3/h4-6,9,11,16H,7-8,10H2,1-3H3,(H,15,17). The van der Waals surface area contributed by atoms with Crippen LogP contribution < -0.4 is 14.8 Å². The van der Waals surface area contributed by atoms with Gasteiger partial charge < -0.3 is 14.8 Å². The lowest BCUT2D eigenvalue weighted by Crippen LogP contribution is -2.36. The van der Waals surface area contributed by atoms with Gasteiger partial charge in [0.25, 0.3) is 0 Å². The Bertz CT molecular complexity index is 589. The van der Waals surface area contributed by atoms with Gasteiger partial charge in [-0.25, -0.2) is 8.42 Å². The van der Waals surface area contributed by atoms with Gasteiger partial charge in [0.15, 0.2) is 0 Å². The molecule has 0 aliphatic rings. The molecule has 0 aliphatic carbocycles. The molecule has 0 saturated carbocycles. The fraction of sp³-hybridized carbons (Fsp3) is 0.500. The maximum Gasteiger partial charge on any atom is 0.233 e. The molecule has 0 spiro atoms. The summed E-state index contributed by atoms with van der Waals surface area (Å²) in [6, 6.07) is 6.57. The summed E-state index contributed by atoms with van der Waals surface area (Å²) in [6.45, 7) is 2.29. The maximum absolute atomic E-state index is 12.1. The highest BCUT2D eigenvalue weighted by molar-refractivity contribution is 7.92. The number of anilines is 1. The van der Waals surface area contributed by atoms with E-state index in [0.29, 0.717) is 24.6 Å². The zero-order chi connectivity index (χ0) is 16.6. The third-order valence-electron chi connectivity index (χ3n) is 2.87. The first-order valence-electron chi connectivity index (χ1n) is 6.79. The lowest BCUT2D eigenvalue weighted by atomic mass is 10.2. The summed E-state index contributed by atoms with van der Waals surface area (Å²) in [6.07, 6.45) is 0. The zero-order valence-electron chi connectivity index (χ0n) is 13.0. The number of rotatable bonds is 9. The molecule has 0 aliphatic heterocycles. The molecule has 1 aromatic carbocycles. The molecule has 2 N–H and O–H groups in total. The first-order chi connectivity index (χ1) is 10.4. The van der Waals surface area contributed by atoms with Crippen LogP contribution in [0.3, 0.4) is 0 Å². The van der Waals surface area contributed by atoms with E-state index in [1.54, 1.807) is 31.2 Å².